The Morgan fingerprint density at radius 1 is 1.36 bits per heavy atom. The third-order valence-corrected chi connectivity index (χ3v) is 3.47. The maximum atomic E-state index is 11.4. The fraction of sp³-hybridized carbons (Fsp3) is 0.182. The summed E-state index contributed by atoms with van der Waals surface area (Å²) < 4.78 is 3.01. The van der Waals surface area contributed by atoms with Gasteiger partial charge in [-0.1, -0.05) is 18.2 Å². The molecule has 0 amide bonds. The molecule has 72 valence electrons. The van der Waals surface area contributed by atoms with Crippen molar-refractivity contribution in [2.75, 3.05) is 0 Å². The highest BCUT2D eigenvalue weighted by molar-refractivity contribution is 14.1. The van der Waals surface area contributed by atoms with E-state index in [1.165, 1.54) is 0 Å². The summed E-state index contributed by atoms with van der Waals surface area (Å²) in [5.41, 5.74) is 1.91. The monoisotopic (exact) mass is 299 g/mol. The molecule has 2 rings (SSSR count). The van der Waals surface area contributed by atoms with E-state index < -0.39 is 0 Å². The molecule has 0 aliphatic carbocycles. The number of aromatic nitrogens is 1. The van der Waals surface area contributed by atoms with E-state index in [4.69, 9.17) is 0 Å². The van der Waals surface area contributed by atoms with Crippen LogP contribution in [0.1, 0.15) is 17.4 Å². The minimum atomic E-state index is 0.119. The van der Waals surface area contributed by atoms with Gasteiger partial charge in [-0.2, -0.15) is 0 Å². The number of fused-ring (bicyclic) bond motifs is 1. The molecule has 0 atom stereocenters. The zero-order chi connectivity index (χ0) is 10.3. The molecule has 1 aromatic carbocycles. The third kappa shape index (κ3) is 1.27. The van der Waals surface area contributed by atoms with Crippen LogP contribution in [0.4, 0.5) is 0 Å². The molecule has 1 aromatic heterocycles. The van der Waals surface area contributed by atoms with Crippen LogP contribution in [0.3, 0.4) is 0 Å². The molecule has 2 aromatic rings. The number of hydrogen-bond donors (Lipinski definition) is 0. The van der Waals surface area contributed by atoms with E-state index in [9.17, 15) is 4.79 Å². The van der Waals surface area contributed by atoms with Crippen LogP contribution in [0.5, 0.6) is 0 Å². The normalized spacial score (nSPS) is 10.8. The van der Waals surface area contributed by atoms with E-state index in [1.807, 2.05) is 35.9 Å². The first kappa shape index (κ1) is 9.71. The first-order chi connectivity index (χ1) is 6.63. The molecule has 0 fully saturated rings. The summed E-state index contributed by atoms with van der Waals surface area (Å²) in [6, 6.07) is 8.06. The van der Waals surface area contributed by atoms with Crippen LogP contribution in [0.2, 0.25) is 0 Å². The van der Waals surface area contributed by atoms with Gasteiger partial charge in [0.1, 0.15) is 0 Å². The molecule has 0 aliphatic heterocycles. The predicted octanol–water partition coefficient (Wildman–Crippen LogP) is 2.99. The largest absolute Gasteiger partial charge is 0.340 e. The number of para-hydroxylation sites is 1. The number of nitrogens with zero attached hydrogens (tertiary/aromatic N) is 1. The highest BCUT2D eigenvalue weighted by Gasteiger charge is 2.15. The van der Waals surface area contributed by atoms with Gasteiger partial charge >= 0.3 is 0 Å². The standard InChI is InChI=1S/C11H10INO/c1-7(14)11-10(12)8-5-3-4-6-9(8)13(11)2/h3-6H,1-2H3. The van der Waals surface area contributed by atoms with Gasteiger partial charge in [-0.15, -0.1) is 0 Å². The number of hydrogen-bond acceptors (Lipinski definition) is 1. The first-order valence-electron chi connectivity index (χ1n) is 4.36. The Morgan fingerprint density at radius 2 is 2.00 bits per heavy atom. The van der Waals surface area contributed by atoms with Crippen LogP contribution in [0.25, 0.3) is 10.9 Å². The van der Waals surface area contributed by atoms with E-state index in [1.54, 1.807) is 6.92 Å². The number of carbonyl (C=O) groups is 1. The van der Waals surface area contributed by atoms with Crippen molar-refractivity contribution in [2.45, 2.75) is 6.92 Å². The summed E-state index contributed by atoms with van der Waals surface area (Å²) in [5.74, 6) is 0.119. The summed E-state index contributed by atoms with van der Waals surface area (Å²) in [5, 5.41) is 1.15. The van der Waals surface area contributed by atoms with Gasteiger partial charge in [-0.3, -0.25) is 4.79 Å². The molecular weight excluding hydrogens is 289 g/mol. The van der Waals surface area contributed by atoms with E-state index >= 15 is 0 Å². The number of Topliss-reactive ketones (excluding diaryl/α,β-unsaturated/α-hetero) is 1. The maximum Gasteiger partial charge on any atom is 0.177 e. The van der Waals surface area contributed by atoms with Crippen LogP contribution in [-0.4, -0.2) is 10.4 Å². The van der Waals surface area contributed by atoms with E-state index in [2.05, 4.69) is 22.6 Å². The maximum absolute atomic E-state index is 11.4. The van der Waals surface area contributed by atoms with Gasteiger partial charge < -0.3 is 4.57 Å². The highest BCUT2D eigenvalue weighted by Crippen LogP contribution is 2.26. The molecule has 0 bridgehead atoms. The van der Waals surface area contributed by atoms with Crippen molar-refractivity contribution in [2.24, 2.45) is 7.05 Å². The Labute approximate surface area is 96.1 Å². The van der Waals surface area contributed by atoms with Crippen LogP contribution in [-0.2, 0) is 7.05 Å². The number of aryl methyl sites for hydroxylation is 1. The lowest BCUT2D eigenvalue weighted by molar-refractivity contribution is 0.100. The summed E-state index contributed by atoms with van der Waals surface area (Å²) in [7, 11) is 1.93. The van der Waals surface area contributed by atoms with Gasteiger partial charge in [0.2, 0.25) is 0 Å². The SMILES string of the molecule is CC(=O)c1c(I)c2ccccc2n1C. The van der Waals surface area contributed by atoms with Crippen LogP contribution in [0.15, 0.2) is 24.3 Å². The van der Waals surface area contributed by atoms with Crippen molar-refractivity contribution in [3.05, 3.63) is 33.5 Å². The lowest BCUT2D eigenvalue weighted by Gasteiger charge is -1.99. The van der Waals surface area contributed by atoms with E-state index in [0.717, 1.165) is 20.2 Å². The van der Waals surface area contributed by atoms with Gasteiger partial charge in [0.05, 0.1) is 5.69 Å². The van der Waals surface area contributed by atoms with Crippen LogP contribution in [0, 0.1) is 3.57 Å². The Hall–Kier alpha value is -0.840. The lowest BCUT2D eigenvalue weighted by atomic mass is 10.2. The molecule has 1 heterocycles. The number of rotatable bonds is 1. The molecule has 0 radical (unpaired) electrons. The van der Waals surface area contributed by atoms with Gasteiger partial charge in [0.25, 0.3) is 0 Å². The lowest BCUT2D eigenvalue weighted by Crippen LogP contribution is -2.02. The molecule has 0 aliphatic rings. The first-order valence-corrected chi connectivity index (χ1v) is 5.44. The van der Waals surface area contributed by atoms with Crippen molar-refractivity contribution in [1.82, 2.24) is 4.57 Å². The van der Waals surface area contributed by atoms with E-state index in [0.29, 0.717) is 0 Å². The zero-order valence-corrected chi connectivity index (χ0v) is 10.2. The smallest absolute Gasteiger partial charge is 0.177 e. The van der Waals surface area contributed by atoms with Gasteiger partial charge in [0, 0.05) is 28.4 Å². The molecular formula is C11H10INO. The second-order valence-corrected chi connectivity index (χ2v) is 4.37. The van der Waals surface area contributed by atoms with Gasteiger partial charge in [-0.25, -0.2) is 0 Å². The molecule has 0 N–H and O–H groups in total. The summed E-state index contributed by atoms with van der Waals surface area (Å²) in [6.45, 7) is 1.61. The van der Waals surface area contributed by atoms with Crippen LogP contribution < -0.4 is 0 Å². The molecule has 0 spiro atoms. The topological polar surface area (TPSA) is 22.0 Å². The molecule has 3 heteroatoms. The fourth-order valence-corrected chi connectivity index (χ4v) is 2.94. The Balaban J connectivity index is 2.92. The van der Waals surface area contributed by atoms with Crippen LogP contribution >= 0.6 is 22.6 Å². The summed E-state index contributed by atoms with van der Waals surface area (Å²) >= 11 is 2.23. The highest BCUT2D eigenvalue weighted by atomic mass is 127. The Morgan fingerprint density at radius 3 is 2.57 bits per heavy atom. The Bertz CT molecular complexity index is 474. The number of benzene rings is 1. The average Bonchev–Trinajstić information content (AvgIpc) is 2.41. The second-order valence-electron chi connectivity index (χ2n) is 3.29. The molecule has 0 unspecified atom stereocenters. The molecule has 14 heavy (non-hydrogen) atoms. The summed E-state index contributed by atoms with van der Waals surface area (Å²) in [6.07, 6.45) is 0. The minimum Gasteiger partial charge on any atom is -0.340 e. The summed E-state index contributed by atoms with van der Waals surface area (Å²) in [4.78, 5) is 11.4. The fourth-order valence-electron chi connectivity index (χ4n) is 1.74. The third-order valence-electron chi connectivity index (χ3n) is 2.38. The van der Waals surface area contributed by atoms with Crippen molar-refractivity contribution in [3.8, 4) is 0 Å². The van der Waals surface area contributed by atoms with Crippen molar-refractivity contribution in [3.63, 3.8) is 0 Å². The second kappa shape index (κ2) is 3.38. The Kier molecular flexibility index (Phi) is 2.34. The molecule has 0 saturated carbocycles. The van der Waals surface area contributed by atoms with Gasteiger partial charge in [0.15, 0.2) is 5.78 Å². The molecule has 2 nitrogen and oxygen atoms in total. The number of carbonyl (C=O) groups excluding carboxylic acids is 1. The number of halogens is 1. The van der Waals surface area contributed by atoms with Gasteiger partial charge in [-0.05, 0) is 28.7 Å². The van der Waals surface area contributed by atoms with Crippen molar-refractivity contribution < 1.29 is 4.79 Å². The predicted molar refractivity (Wildman–Crippen MR) is 65.6 cm³/mol. The zero-order valence-electron chi connectivity index (χ0n) is 8.04. The quantitative estimate of drug-likeness (QED) is 0.586. The average molecular weight is 299 g/mol. The van der Waals surface area contributed by atoms with Crippen molar-refractivity contribution >= 4 is 39.3 Å². The number of ketones is 1. The minimum absolute atomic E-state index is 0.119. The van der Waals surface area contributed by atoms with E-state index in [-0.39, 0.29) is 5.78 Å². The molecule has 0 saturated heterocycles. The van der Waals surface area contributed by atoms with Crippen molar-refractivity contribution in [1.29, 1.82) is 0 Å².